The maximum atomic E-state index is 10.8. The molecule has 0 fully saturated rings. The molecule has 0 aliphatic heterocycles. The van der Waals surface area contributed by atoms with Gasteiger partial charge in [0.15, 0.2) is 0 Å². The van der Waals surface area contributed by atoms with E-state index in [9.17, 15) is 4.79 Å². The van der Waals surface area contributed by atoms with E-state index in [0.29, 0.717) is 6.54 Å². The van der Waals surface area contributed by atoms with Crippen LogP contribution in [0.25, 0.3) is 10.9 Å². The number of fused-ring (bicyclic) bond motifs is 1. The SMILES string of the molecule is CC.CC(=O)NCc1[nH]nc2ccc(C)cc12. The number of amides is 1. The number of rotatable bonds is 2. The number of carbonyl (C=O) groups is 1. The summed E-state index contributed by atoms with van der Waals surface area (Å²) in [5.74, 6) is -0.0367. The second-order valence-electron chi connectivity index (χ2n) is 3.63. The first-order valence-electron chi connectivity index (χ1n) is 5.85. The van der Waals surface area contributed by atoms with Gasteiger partial charge in [-0.1, -0.05) is 25.5 Å². The summed E-state index contributed by atoms with van der Waals surface area (Å²) in [6, 6.07) is 6.06. The molecule has 0 bridgehead atoms. The van der Waals surface area contributed by atoms with Crippen molar-refractivity contribution in [1.29, 1.82) is 0 Å². The third kappa shape index (κ3) is 3.31. The summed E-state index contributed by atoms with van der Waals surface area (Å²) in [5, 5.41) is 10.9. The lowest BCUT2D eigenvalue weighted by Gasteiger charge is -1.99. The first-order chi connectivity index (χ1) is 8.16. The zero-order valence-electron chi connectivity index (χ0n) is 10.8. The van der Waals surface area contributed by atoms with E-state index in [1.54, 1.807) is 0 Å². The van der Waals surface area contributed by atoms with E-state index in [2.05, 4.69) is 21.6 Å². The van der Waals surface area contributed by atoms with Gasteiger partial charge in [-0.2, -0.15) is 5.10 Å². The van der Waals surface area contributed by atoms with Crippen molar-refractivity contribution in [2.24, 2.45) is 0 Å². The Balaban J connectivity index is 0.000000686. The Hall–Kier alpha value is -1.84. The molecule has 1 aromatic carbocycles. The molecule has 0 atom stereocenters. The summed E-state index contributed by atoms with van der Waals surface area (Å²) in [6.07, 6.45) is 0. The van der Waals surface area contributed by atoms with Crippen LogP contribution in [-0.4, -0.2) is 16.1 Å². The maximum Gasteiger partial charge on any atom is 0.217 e. The third-order valence-corrected chi connectivity index (χ3v) is 2.30. The lowest BCUT2D eigenvalue weighted by Crippen LogP contribution is -2.19. The molecule has 0 unspecified atom stereocenters. The fourth-order valence-electron chi connectivity index (χ4n) is 1.52. The van der Waals surface area contributed by atoms with E-state index in [0.717, 1.165) is 16.6 Å². The Bertz CT molecular complexity index is 502. The smallest absolute Gasteiger partial charge is 0.217 e. The van der Waals surface area contributed by atoms with Crippen molar-refractivity contribution in [2.75, 3.05) is 0 Å². The van der Waals surface area contributed by atoms with Gasteiger partial charge in [0.1, 0.15) is 0 Å². The number of carbonyl (C=O) groups excluding carboxylic acids is 1. The maximum absolute atomic E-state index is 10.8. The number of hydrogen-bond acceptors (Lipinski definition) is 2. The van der Waals surface area contributed by atoms with Crippen molar-refractivity contribution in [3.63, 3.8) is 0 Å². The van der Waals surface area contributed by atoms with Crippen LogP contribution < -0.4 is 5.32 Å². The highest BCUT2D eigenvalue weighted by Crippen LogP contribution is 2.17. The summed E-state index contributed by atoms with van der Waals surface area (Å²) >= 11 is 0. The fourth-order valence-corrected chi connectivity index (χ4v) is 1.52. The van der Waals surface area contributed by atoms with E-state index in [1.807, 2.05) is 32.9 Å². The normalized spacial score (nSPS) is 9.65. The number of aryl methyl sites for hydroxylation is 1. The molecule has 17 heavy (non-hydrogen) atoms. The topological polar surface area (TPSA) is 57.8 Å². The van der Waals surface area contributed by atoms with E-state index < -0.39 is 0 Å². The van der Waals surface area contributed by atoms with Gasteiger partial charge in [-0.3, -0.25) is 9.89 Å². The summed E-state index contributed by atoms with van der Waals surface area (Å²) < 4.78 is 0. The van der Waals surface area contributed by atoms with Crippen LogP contribution in [0, 0.1) is 6.92 Å². The molecule has 92 valence electrons. The van der Waals surface area contributed by atoms with Crippen LogP contribution in [0.3, 0.4) is 0 Å². The van der Waals surface area contributed by atoms with Crippen molar-refractivity contribution >= 4 is 16.8 Å². The third-order valence-electron chi connectivity index (χ3n) is 2.30. The van der Waals surface area contributed by atoms with Gasteiger partial charge in [0, 0.05) is 12.3 Å². The van der Waals surface area contributed by atoms with Gasteiger partial charge in [-0.15, -0.1) is 0 Å². The average Bonchev–Trinajstić information content (AvgIpc) is 2.71. The Morgan fingerprint density at radius 2 is 2.12 bits per heavy atom. The summed E-state index contributed by atoms with van der Waals surface area (Å²) in [6.45, 7) is 8.04. The second-order valence-corrected chi connectivity index (χ2v) is 3.63. The molecule has 4 nitrogen and oxygen atoms in total. The van der Waals surface area contributed by atoms with Gasteiger partial charge in [-0.25, -0.2) is 0 Å². The molecule has 2 rings (SSSR count). The summed E-state index contributed by atoms with van der Waals surface area (Å²) in [4.78, 5) is 10.8. The zero-order valence-corrected chi connectivity index (χ0v) is 10.8. The number of nitrogens with zero attached hydrogens (tertiary/aromatic N) is 1. The Morgan fingerprint density at radius 3 is 2.76 bits per heavy atom. The van der Waals surface area contributed by atoms with Crippen LogP contribution in [0.4, 0.5) is 0 Å². The van der Waals surface area contributed by atoms with Crippen LogP contribution in [0.1, 0.15) is 32.0 Å². The zero-order chi connectivity index (χ0) is 12.8. The van der Waals surface area contributed by atoms with Crippen molar-refractivity contribution in [2.45, 2.75) is 34.2 Å². The fraction of sp³-hybridized carbons (Fsp3) is 0.385. The van der Waals surface area contributed by atoms with Crippen molar-refractivity contribution in [1.82, 2.24) is 15.5 Å². The molecule has 0 saturated heterocycles. The highest BCUT2D eigenvalue weighted by atomic mass is 16.1. The molecule has 0 spiro atoms. The minimum atomic E-state index is -0.0367. The molecule has 1 amide bonds. The van der Waals surface area contributed by atoms with Gasteiger partial charge < -0.3 is 5.32 Å². The average molecular weight is 233 g/mol. The van der Waals surface area contributed by atoms with Gasteiger partial charge in [0.05, 0.1) is 17.8 Å². The van der Waals surface area contributed by atoms with Gasteiger partial charge in [0.25, 0.3) is 0 Å². The number of benzene rings is 1. The molecular formula is C13H19N3O. The predicted octanol–water partition coefficient (Wildman–Crippen LogP) is 2.53. The van der Waals surface area contributed by atoms with Crippen molar-refractivity contribution in [3.8, 4) is 0 Å². The van der Waals surface area contributed by atoms with E-state index in [4.69, 9.17) is 0 Å². The molecule has 2 aromatic rings. The molecule has 1 aromatic heterocycles. The lowest BCUT2D eigenvalue weighted by molar-refractivity contribution is -0.119. The summed E-state index contributed by atoms with van der Waals surface area (Å²) in [5.41, 5.74) is 3.07. The highest BCUT2D eigenvalue weighted by molar-refractivity contribution is 5.82. The molecule has 0 aliphatic rings. The number of H-pyrrole nitrogens is 1. The minimum Gasteiger partial charge on any atom is -0.351 e. The van der Waals surface area contributed by atoms with Crippen molar-refractivity contribution in [3.05, 3.63) is 29.5 Å². The Labute approximate surface area is 101 Å². The molecule has 0 radical (unpaired) electrons. The van der Waals surface area contributed by atoms with E-state index in [-0.39, 0.29) is 5.91 Å². The molecule has 0 aliphatic carbocycles. The number of aromatic nitrogens is 2. The van der Waals surface area contributed by atoms with E-state index in [1.165, 1.54) is 12.5 Å². The number of nitrogens with one attached hydrogen (secondary N) is 2. The second kappa shape index (κ2) is 6.03. The minimum absolute atomic E-state index is 0.0367. The van der Waals surface area contributed by atoms with Gasteiger partial charge >= 0.3 is 0 Å². The number of aromatic amines is 1. The van der Waals surface area contributed by atoms with Crippen LogP contribution in [0.15, 0.2) is 18.2 Å². The Kier molecular flexibility index (Phi) is 4.69. The monoisotopic (exact) mass is 233 g/mol. The van der Waals surface area contributed by atoms with Gasteiger partial charge in [-0.05, 0) is 19.1 Å². The predicted molar refractivity (Wildman–Crippen MR) is 69.7 cm³/mol. The first-order valence-corrected chi connectivity index (χ1v) is 5.85. The Morgan fingerprint density at radius 1 is 1.41 bits per heavy atom. The van der Waals surface area contributed by atoms with Crippen LogP contribution >= 0.6 is 0 Å². The van der Waals surface area contributed by atoms with Crippen LogP contribution in [-0.2, 0) is 11.3 Å². The van der Waals surface area contributed by atoms with Crippen LogP contribution in [0.5, 0.6) is 0 Å². The number of hydrogen-bond donors (Lipinski definition) is 2. The molecular weight excluding hydrogens is 214 g/mol. The summed E-state index contributed by atoms with van der Waals surface area (Å²) in [7, 11) is 0. The first kappa shape index (κ1) is 13.2. The molecule has 2 N–H and O–H groups in total. The van der Waals surface area contributed by atoms with Crippen LogP contribution in [0.2, 0.25) is 0 Å². The van der Waals surface area contributed by atoms with E-state index >= 15 is 0 Å². The molecule has 4 heteroatoms. The quantitative estimate of drug-likeness (QED) is 0.837. The van der Waals surface area contributed by atoms with Gasteiger partial charge in [0.2, 0.25) is 5.91 Å². The lowest BCUT2D eigenvalue weighted by atomic mass is 10.1. The van der Waals surface area contributed by atoms with Crippen molar-refractivity contribution < 1.29 is 4.79 Å². The molecule has 0 saturated carbocycles. The standard InChI is InChI=1S/C11H13N3O.C2H6/c1-7-3-4-10-9(5-7)11(14-13-10)6-12-8(2)15;1-2/h3-5H,6H2,1-2H3,(H,12,15)(H,13,14);1-2H3. The molecule has 1 heterocycles. The highest BCUT2D eigenvalue weighted by Gasteiger charge is 2.05. The largest absolute Gasteiger partial charge is 0.351 e.